The molecule has 0 saturated carbocycles. The summed E-state index contributed by atoms with van der Waals surface area (Å²) >= 11 is 0. The molecule has 0 bridgehead atoms. The van der Waals surface area contributed by atoms with Crippen molar-refractivity contribution in [1.29, 1.82) is 0 Å². The lowest BCUT2D eigenvalue weighted by Crippen LogP contribution is -2.31. The van der Waals surface area contributed by atoms with Crippen molar-refractivity contribution in [3.05, 3.63) is 60.0 Å². The van der Waals surface area contributed by atoms with Gasteiger partial charge in [0.05, 0.1) is 17.0 Å². The van der Waals surface area contributed by atoms with Crippen molar-refractivity contribution >= 4 is 34.9 Å². The fraction of sp³-hybridized carbons (Fsp3) is 0.286. The second-order valence-corrected chi connectivity index (χ2v) is 9.26. The normalized spacial score (nSPS) is 14.0. The number of likely N-dealkylation sites (tertiary alicyclic amines) is 1. The molecular formula is C28H27F3N8O2. The van der Waals surface area contributed by atoms with Crippen LogP contribution in [0.15, 0.2) is 48.9 Å². The molecular weight excluding hydrogens is 537 g/mol. The third-order valence-corrected chi connectivity index (χ3v) is 6.50. The molecule has 41 heavy (non-hydrogen) atoms. The molecule has 1 aliphatic rings. The van der Waals surface area contributed by atoms with Crippen LogP contribution in [0, 0.1) is 11.8 Å². The van der Waals surface area contributed by atoms with E-state index in [1.807, 2.05) is 4.68 Å². The van der Waals surface area contributed by atoms with E-state index in [2.05, 4.69) is 44.1 Å². The molecule has 1 amide bonds. The van der Waals surface area contributed by atoms with Gasteiger partial charge < -0.3 is 16.0 Å². The Morgan fingerprint density at radius 3 is 2.44 bits per heavy atom. The van der Waals surface area contributed by atoms with Crippen LogP contribution in [0.5, 0.6) is 0 Å². The highest BCUT2D eigenvalue weighted by molar-refractivity contribution is 6.04. The highest BCUT2D eigenvalue weighted by atomic mass is 19.4. The molecule has 0 radical (unpaired) electrons. The van der Waals surface area contributed by atoms with Crippen LogP contribution in [0.25, 0.3) is 22.3 Å². The first-order valence-corrected chi connectivity index (χ1v) is 12.6. The van der Waals surface area contributed by atoms with E-state index in [1.165, 1.54) is 6.33 Å². The maximum atomic E-state index is 12.9. The summed E-state index contributed by atoms with van der Waals surface area (Å²) in [5.74, 6) is 4.12. The molecule has 212 valence electrons. The summed E-state index contributed by atoms with van der Waals surface area (Å²) in [6.07, 6.45) is 0.317. The van der Waals surface area contributed by atoms with Crippen molar-refractivity contribution in [3.63, 3.8) is 0 Å². The molecule has 10 nitrogen and oxygen atoms in total. The lowest BCUT2D eigenvalue weighted by Gasteiger charge is -2.29. The Morgan fingerprint density at radius 2 is 1.83 bits per heavy atom. The van der Waals surface area contributed by atoms with Gasteiger partial charge in [-0.2, -0.15) is 18.3 Å². The van der Waals surface area contributed by atoms with Gasteiger partial charge in [0.1, 0.15) is 23.7 Å². The van der Waals surface area contributed by atoms with Crippen LogP contribution >= 0.6 is 0 Å². The summed E-state index contributed by atoms with van der Waals surface area (Å²) in [6, 6.07) is 8.36. The number of fused-ring (bicyclic) bond motifs is 1. The molecule has 4 aromatic rings. The third kappa shape index (κ3) is 6.85. The molecule has 0 aliphatic carbocycles. The van der Waals surface area contributed by atoms with Gasteiger partial charge in [-0.15, -0.1) is 0 Å². The number of nitrogens with one attached hydrogen (secondary N) is 1. The smallest absolute Gasteiger partial charge is 0.383 e. The lowest BCUT2D eigenvalue weighted by molar-refractivity contribution is -0.137. The summed E-state index contributed by atoms with van der Waals surface area (Å²) < 4.78 is 40.7. The van der Waals surface area contributed by atoms with Gasteiger partial charge in [0.2, 0.25) is 0 Å². The first kappa shape index (κ1) is 29.2. The number of hydrogen-bond acceptors (Lipinski definition) is 8. The second-order valence-electron chi connectivity index (χ2n) is 9.26. The molecule has 3 aromatic heterocycles. The van der Waals surface area contributed by atoms with Gasteiger partial charge in [-0.1, -0.05) is 18.1 Å². The molecule has 13 heteroatoms. The standard InChI is InChI=1S/C24H23F3N8O.C4H4O/c1-34-10-7-17(8-11-34)35-22-19(21(28)30-13-31-22)20(33-35)14-2-4-15(5-3-14)23(36)32-18-12-16(6-9-29-18)24(25,26)27;1-2-3-4-5/h2-6,9,12-13,17H,7-8,10-11H2,1H3,(H2,28,30,31)(H,29,32,36);4H,1H3. The number of nitrogens with two attached hydrogens (primary N) is 1. The highest BCUT2D eigenvalue weighted by Gasteiger charge is 2.31. The molecule has 5 rings (SSSR count). The average Bonchev–Trinajstić information content (AvgIpc) is 3.35. The third-order valence-electron chi connectivity index (χ3n) is 6.50. The largest absolute Gasteiger partial charge is 0.416 e. The predicted octanol–water partition coefficient (Wildman–Crippen LogP) is 4.22. The molecule has 0 atom stereocenters. The molecule has 0 spiro atoms. The van der Waals surface area contributed by atoms with Crippen LogP contribution in [0.3, 0.4) is 0 Å². The van der Waals surface area contributed by atoms with Gasteiger partial charge in [-0.3, -0.25) is 9.59 Å². The minimum atomic E-state index is -4.53. The maximum Gasteiger partial charge on any atom is 0.416 e. The Kier molecular flexibility index (Phi) is 8.94. The van der Waals surface area contributed by atoms with E-state index in [1.54, 1.807) is 31.2 Å². The summed E-state index contributed by atoms with van der Waals surface area (Å²) in [6.45, 7) is 3.52. The zero-order chi connectivity index (χ0) is 29.6. The average molecular weight is 565 g/mol. The Morgan fingerprint density at radius 1 is 1.12 bits per heavy atom. The molecule has 1 aliphatic heterocycles. The number of aromatic nitrogens is 5. The van der Waals surface area contributed by atoms with E-state index >= 15 is 0 Å². The Balaban J connectivity index is 0.000000714. The number of nitrogens with zero attached hydrogens (tertiary/aromatic N) is 6. The van der Waals surface area contributed by atoms with E-state index in [0.29, 0.717) is 34.4 Å². The number of carbonyl (C=O) groups excluding carboxylic acids is 2. The lowest BCUT2D eigenvalue weighted by atomic mass is 10.1. The Hall–Kier alpha value is -4.83. The van der Waals surface area contributed by atoms with Crippen LogP contribution in [-0.2, 0) is 11.0 Å². The number of amides is 1. The first-order chi connectivity index (χ1) is 19.6. The van der Waals surface area contributed by atoms with E-state index in [0.717, 1.165) is 44.3 Å². The summed E-state index contributed by atoms with van der Waals surface area (Å²) in [5, 5.41) is 7.89. The topological polar surface area (TPSA) is 132 Å². The minimum absolute atomic E-state index is 0.178. The zero-order valence-electron chi connectivity index (χ0n) is 22.3. The summed E-state index contributed by atoms with van der Waals surface area (Å²) in [4.78, 5) is 36.5. The number of benzene rings is 1. The van der Waals surface area contributed by atoms with Crippen LogP contribution in [-0.4, -0.2) is 62.0 Å². The van der Waals surface area contributed by atoms with Crippen LogP contribution in [0.1, 0.15) is 41.7 Å². The van der Waals surface area contributed by atoms with Gasteiger partial charge in [0, 0.05) is 17.3 Å². The van der Waals surface area contributed by atoms with Crippen molar-refractivity contribution in [1.82, 2.24) is 29.6 Å². The molecule has 1 fully saturated rings. The number of pyridine rings is 1. The van der Waals surface area contributed by atoms with Crippen molar-refractivity contribution in [2.45, 2.75) is 32.0 Å². The molecule has 1 aromatic carbocycles. The zero-order valence-corrected chi connectivity index (χ0v) is 22.3. The van der Waals surface area contributed by atoms with Gasteiger partial charge in [0.25, 0.3) is 5.91 Å². The first-order valence-electron chi connectivity index (χ1n) is 12.6. The van der Waals surface area contributed by atoms with E-state index in [9.17, 15) is 22.8 Å². The SMILES string of the molecule is CC#CC=O.CN1CCC(n2nc(-c3ccc(C(=O)Nc4cc(C(F)(F)F)ccn4)cc3)c3c(N)ncnc32)CC1. The number of piperidine rings is 1. The van der Waals surface area contributed by atoms with Gasteiger partial charge in [-0.25, -0.2) is 19.6 Å². The van der Waals surface area contributed by atoms with E-state index < -0.39 is 17.6 Å². The van der Waals surface area contributed by atoms with Crippen molar-refractivity contribution in [2.24, 2.45) is 0 Å². The monoisotopic (exact) mass is 564 g/mol. The Labute approximate surface area is 233 Å². The van der Waals surface area contributed by atoms with Crippen molar-refractivity contribution in [2.75, 3.05) is 31.2 Å². The molecule has 4 heterocycles. The molecule has 1 saturated heterocycles. The quantitative estimate of drug-likeness (QED) is 0.278. The van der Waals surface area contributed by atoms with Gasteiger partial charge in [-0.05, 0) is 70.1 Å². The number of anilines is 2. The number of aldehydes is 1. The predicted molar refractivity (Wildman–Crippen MR) is 148 cm³/mol. The number of halogens is 3. The maximum absolute atomic E-state index is 12.9. The number of hydrogen-bond donors (Lipinski definition) is 2. The summed E-state index contributed by atoms with van der Waals surface area (Å²) in [7, 11) is 2.09. The van der Waals surface area contributed by atoms with Gasteiger partial charge in [0.15, 0.2) is 11.9 Å². The van der Waals surface area contributed by atoms with E-state index in [4.69, 9.17) is 10.8 Å². The fourth-order valence-corrected chi connectivity index (χ4v) is 4.39. The van der Waals surface area contributed by atoms with Crippen LogP contribution in [0.2, 0.25) is 0 Å². The molecule has 0 unspecified atom stereocenters. The molecule has 3 N–H and O–H groups in total. The van der Waals surface area contributed by atoms with Crippen molar-refractivity contribution < 1.29 is 22.8 Å². The van der Waals surface area contributed by atoms with E-state index in [-0.39, 0.29) is 17.4 Å². The summed E-state index contributed by atoms with van der Waals surface area (Å²) in [5.41, 5.74) is 7.53. The second kappa shape index (κ2) is 12.6. The Bertz CT molecular complexity index is 1600. The number of nitrogen functional groups attached to an aromatic ring is 1. The fourth-order valence-electron chi connectivity index (χ4n) is 4.39. The minimum Gasteiger partial charge on any atom is -0.383 e. The number of carbonyl (C=O) groups is 2. The number of rotatable bonds is 4. The van der Waals surface area contributed by atoms with Crippen LogP contribution in [0.4, 0.5) is 24.8 Å². The van der Waals surface area contributed by atoms with Gasteiger partial charge >= 0.3 is 6.18 Å². The highest BCUT2D eigenvalue weighted by Crippen LogP contribution is 2.34. The number of alkyl halides is 3. The van der Waals surface area contributed by atoms with Crippen LogP contribution < -0.4 is 11.1 Å². The van der Waals surface area contributed by atoms with Crippen molar-refractivity contribution in [3.8, 4) is 23.1 Å².